The van der Waals surface area contributed by atoms with Gasteiger partial charge in [0.25, 0.3) is 0 Å². The molecule has 1 N–H and O–H groups in total. The number of hydrogen-bond acceptors (Lipinski definition) is 5. The molecule has 0 spiro atoms. The van der Waals surface area contributed by atoms with Crippen LogP contribution in [0.4, 0.5) is 9.59 Å². The van der Waals surface area contributed by atoms with Gasteiger partial charge in [-0.15, -0.1) is 0 Å². The summed E-state index contributed by atoms with van der Waals surface area (Å²) in [6.45, 7) is 12.6. The third-order valence-corrected chi connectivity index (χ3v) is 4.52. The maximum atomic E-state index is 12.1. The van der Waals surface area contributed by atoms with E-state index in [-0.39, 0.29) is 6.09 Å². The number of carbonyl (C=O) groups excluding carboxylic acids is 1. The molecular formula is C22H40N2O6. The van der Waals surface area contributed by atoms with E-state index in [1.807, 2.05) is 0 Å². The van der Waals surface area contributed by atoms with Crippen LogP contribution in [0.1, 0.15) is 58.3 Å². The van der Waals surface area contributed by atoms with E-state index in [4.69, 9.17) is 14.2 Å². The lowest BCUT2D eigenvalue weighted by Crippen LogP contribution is -2.33. The molecule has 0 saturated heterocycles. The average Bonchev–Trinajstić information content (AvgIpc) is 2.72. The summed E-state index contributed by atoms with van der Waals surface area (Å²) >= 11 is 0. The molecule has 174 valence electrons. The Morgan fingerprint density at radius 3 is 1.60 bits per heavy atom. The van der Waals surface area contributed by atoms with Crippen LogP contribution in [0.2, 0.25) is 0 Å². The highest BCUT2D eigenvalue weighted by atomic mass is 16.6. The molecule has 0 radical (unpaired) electrons. The zero-order valence-corrected chi connectivity index (χ0v) is 18.6. The molecule has 0 aliphatic carbocycles. The summed E-state index contributed by atoms with van der Waals surface area (Å²) in [7, 11) is 0. The topological polar surface area (TPSA) is 88.5 Å². The van der Waals surface area contributed by atoms with Gasteiger partial charge in [0.2, 0.25) is 0 Å². The molecule has 0 aliphatic rings. The highest BCUT2D eigenvalue weighted by Gasteiger charge is 2.14. The molecule has 30 heavy (non-hydrogen) atoms. The summed E-state index contributed by atoms with van der Waals surface area (Å²) in [5.41, 5.74) is 0. The van der Waals surface area contributed by atoms with Crippen LogP contribution >= 0.6 is 0 Å². The molecular weight excluding hydrogens is 388 g/mol. The number of ether oxygens (including phenoxy) is 3. The molecule has 8 heteroatoms. The largest absolute Gasteiger partial charge is 0.502 e. The van der Waals surface area contributed by atoms with Crippen molar-refractivity contribution in [3.05, 3.63) is 25.7 Å². The Morgan fingerprint density at radius 1 is 0.767 bits per heavy atom. The Kier molecular flexibility index (Phi) is 18.3. The number of carbonyl (C=O) groups is 2. The lowest BCUT2D eigenvalue weighted by molar-refractivity contribution is 0.104. The van der Waals surface area contributed by atoms with E-state index >= 15 is 0 Å². The monoisotopic (exact) mass is 428 g/mol. The molecule has 0 aromatic heterocycles. The summed E-state index contributed by atoms with van der Waals surface area (Å²) in [6.07, 6.45) is 8.48. The lowest BCUT2D eigenvalue weighted by atomic mass is 10.1. The van der Waals surface area contributed by atoms with Crippen molar-refractivity contribution in [2.75, 3.05) is 46.0 Å². The fourth-order valence-corrected chi connectivity index (χ4v) is 2.91. The Balaban J connectivity index is 4.04. The maximum Gasteiger partial charge on any atom is 0.409 e. The zero-order valence-electron chi connectivity index (χ0n) is 18.6. The van der Waals surface area contributed by atoms with Crippen molar-refractivity contribution in [1.82, 2.24) is 9.80 Å². The minimum absolute atomic E-state index is 0.278. The van der Waals surface area contributed by atoms with Crippen LogP contribution in [0.15, 0.2) is 25.7 Å². The first-order valence-electron chi connectivity index (χ1n) is 10.9. The van der Waals surface area contributed by atoms with Crippen molar-refractivity contribution in [2.24, 2.45) is 0 Å². The van der Waals surface area contributed by atoms with Crippen LogP contribution in [-0.2, 0) is 14.2 Å². The molecule has 0 bridgehead atoms. The molecule has 0 saturated carbocycles. The Bertz CT molecular complexity index is 473. The van der Waals surface area contributed by atoms with Crippen LogP contribution in [-0.4, -0.2) is 73.1 Å². The quantitative estimate of drug-likeness (QED) is 0.220. The van der Waals surface area contributed by atoms with E-state index < -0.39 is 6.09 Å². The van der Waals surface area contributed by atoms with Gasteiger partial charge in [0, 0.05) is 26.2 Å². The third-order valence-electron chi connectivity index (χ3n) is 4.52. The summed E-state index contributed by atoms with van der Waals surface area (Å²) in [5.74, 6) is 0. The Morgan fingerprint density at radius 2 is 1.20 bits per heavy atom. The molecule has 0 atom stereocenters. The van der Waals surface area contributed by atoms with E-state index in [0.29, 0.717) is 46.0 Å². The van der Waals surface area contributed by atoms with Crippen molar-refractivity contribution in [2.45, 2.75) is 58.3 Å². The second-order valence-corrected chi connectivity index (χ2v) is 6.86. The molecule has 2 amide bonds. The van der Waals surface area contributed by atoms with E-state index in [2.05, 4.69) is 13.2 Å². The van der Waals surface area contributed by atoms with Crippen LogP contribution in [0.5, 0.6) is 0 Å². The zero-order chi connectivity index (χ0) is 22.5. The summed E-state index contributed by atoms with van der Waals surface area (Å²) in [6, 6.07) is 0. The van der Waals surface area contributed by atoms with Gasteiger partial charge in [-0.2, -0.15) is 0 Å². The second-order valence-electron chi connectivity index (χ2n) is 6.86. The Labute approximate surface area is 181 Å². The van der Waals surface area contributed by atoms with Crippen LogP contribution in [0.25, 0.3) is 0 Å². The van der Waals surface area contributed by atoms with Gasteiger partial charge < -0.3 is 29.1 Å². The second kappa shape index (κ2) is 19.9. The number of amides is 2. The Hall–Kier alpha value is -2.38. The van der Waals surface area contributed by atoms with Gasteiger partial charge in [-0.3, -0.25) is 0 Å². The first kappa shape index (κ1) is 27.6. The molecule has 0 aromatic rings. The fraction of sp³-hybridized carbons (Fsp3) is 0.727. The van der Waals surface area contributed by atoms with Crippen molar-refractivity contribution in [3.8, 4) is 0 Å². The highest BCUT2D eigenvalue weighted by molar-refractivity contribution is 5.67. The van der Waals surface area contributed by atoms with Crippen LogP contribution in [0.3, 0.4) is 0 Å². The van der Waals surface area contributed by atoms with Gasteiger partial charge in [0.05, 0.1) is 32.3 Å². The number of unbranched alkanes of at least 4 members (excludes halogenated alkanes) is 5. The summed E-state index contributed by atoms with van der Waals surface area (Å²) in [5, 5.41) is 9.31. The predicted octanol–water partition coefficient (Wildman–Crippen LogP) is 4.87. The minimum atomic E-state index is -0.881. The molecule has 0 rings (SSSR count). The lowest BCUT2D eigenvalue weighted by Gasteiger charge is -2.22. The maximum absolute atomic E-state index is 12.1. The van der Waals surface area contributed by atoms with E-state index in [1.54, 1.807) is 11.8 Å². The predicted molar refractivity (Wildman–Crippen MR) is 117 cm³/mol. The van der Waals surface area contributed by atoms with Gasteiger partial charge in [-0.1, -0.05) is 26.0 Å². The molecule has 0 unspecified atom stereocenters. The average molecular weight is 429 g/mol. The molecule has 8 nitrogen and oxygen atoms in total. The number of nitrogens with zero attached hydrogens (tertiary/aromatic N) is 2. The van der Waals surface area contributed by atoms with Crippen molar-refractivity contribution >= 4 is 12.2 Å². The first-order valence-corrected chi connectivity index (χ1v) is 10.9. The number of rotatable bonds is 20. The minimum Gasteiger partial charge on any atom is -0.502 e. The van der Waals surface area contributed by atoms with Gasteiger partial charge in [0.1, 0.15) is 0 Å². The molecule has 0 aliphatic heterocycles. The number of carboxylic acid groups (broad SMARTS) is 1. The molecule has 0 fully saturated rings. The standard InChI is InChI=1S/C22H40N2O6/c1-4-28-19-13-11-16-23(21(25)26)15-9-7-8-10-17-24(22(27)30-6-3)18-12-14-20-29-5-2/h4-5H,1-2,6-20H2,3H3,(H,25,26). The van der Waals surface area contributed by atoms with E-state index in [9.17, 15) is 14.7 Å². The first-order chi connectivity index (χ1) is 14.6. The molecule has 0 heterocycles. The van der Waals surface area contributed by atoms with E-state index in [0.717, 1.165) is 51.4 Å². The fourth-order valence-electron chi connectivity index (χ4n) is 2.91. The van der Waals surface area contributed by atoms with Gasteiger partial charge in [0.15, 0.2) is 0 Å². The van der Waals surface area contributed by atoms with Crippen LogP contribution in [0, 0.1) is 0 Å². The van der Waals surface area contributed by atoms with Gasteiger partial charge >= 0.3 is 12.2 Å². The highest BCUT2D eigenvalue weighted by Crippen LogP contribution is 2.07. The SMILES string of the molecule is C=COCCCCN(CCCCCCN(CCCCOC=C)C(=O)OCC)C(=O)O. The van der Waals surface area contributed by atoms with Gasteiger partial charge in [-0.05, 0) is 45.4 Å². The smallest absolute Gasteiger partial charge is 0.409 e. The van der Waals surface area contributed by atoms with Gasteiger partial charge in [-0.25, -0.2) is 9.59 Å². The van der Waals surface area contributed by atoms with Crippen molar-refractivity contribution in [3.63, 3.8) is 0 Å². The van der Waals surface area contributed by atoms with Crippen LogP contribution < -0.4 is 0 Å². The van der Waals surface area contributed by atoms with Crippen molar-refractivity contribution < 1.29 is 28.9 Å². The normalized spacial score (nSPS) is 10.2. The summed E-state index contributed by atoms with van der Waals surface area (Å²) in [4.78, 5) is 26.6. The van der Waals surface area contributed by atoms with Crippen molar-refractivity contribution in [1.29, 1.82) is 0 Å². The van der Waals surface area contributed by atoms with E-state index in [1.165, 1.54) is 17.4 Å². The third kappa shape index (κ3) is 15.5. The number of hydrogen-bond donors (Lipinski definition) is 1. The molecule has 0 aromatic carbocycles. The summed E-state index contributed by atoms with van der Waals surface area (Å²) < 4.78 is 15.3.